The fourth-order valence-electron chi connectivity index (χ4n) is 3.22. The van der Waals surface area contributed by atoms with Crippen molar-refractivity contribution < 1.29 is 0 Å². The smallest absolute Gasteiger partial charge is 0.169 e. The Morgan fingerprint density at radius 2 is 1.93 bits per heavy atom. The number of nitrogens with zero attached hydrogens (tertiary/aromatic N) is 6. The van der Waals surface area contributed by atoms with Crippen LogP contribution >= 0.6 is 11.3 Å². The van der Waals surface area contributed by atoms with Crippen molar-refractivity contribution in [2.45, 2.75) is 46.7 Å². The lowest BCUT2D eigenvalue weighted by atomic mass is 10.1. The SMILES string of the molecule is CC(C)Cn1c(Cn2ccnc2-c2nccs2)nc2cnc(C(C)C)cc21. The Morgan fingerprint density at radius 3 is 2.63 bits per heavy atom. The lowest BCUT2D eigenvalue weighted by Gasteiger charge is -2.13. The van der Waals surface area contributed by atoms with Gasteiger partial charge in [0.25, 0.3) is 0 Å². The van der Waals surface area contributed by atoms with E-state index in [0.29, 0.717) is 18.4 Å². The molecule has 7 heteroatoms. The molecule has 27 heavy (non-hydrogen) atoms. The number of pyridine rings is 1. The highest BCUT2D eigenvalue weighted by atomic mass is 32.1. The van der Waals surface area contributed by atoms with E-state index in [1.807, 2.05) is 30.2 Å². The molecule has 0 N–H and O–H groups in total. The molecule has 0 saturated carbocycles. The molecule has 0 aliphatic heterocycles. The molecule has 0 aliphatic rings. The van der Waals surface area contributed by atoms with E-state index in [4.69, 9.17) is 4.98 Å². The summed E-state index contributed by atoms with van der Waals surface area (Å²) in [5.41, 5.74) is 3.21. The van der Waals surface area contributed by atoms with Crippen LogP contribution in [0, 0.1) is 5.92 Å². The van der Waals surface area contributed by atoms with Gasteiger partial charge in [-0.15, -0.1) is 11.3 Å². The Kier molecular flexibility index (Phi) is 4.78. The molecular weight excluding hydrogens is 356 g/mol. The van der Waals surface area contributed by atoms with Gasteiger partial charge < -0.3 is 9.13 Å². The van der Waals surface area contributed by atoms with Gasteiger partial charge in [0.1, 0.15) is 11.3 Å². The Balaban J connectivity index is 1.78. The third kappa shape index (κ3) is 3.51. The minimum absolute atomic E-state index is 0.394. The molecule has 6 nitrogen and oxygen atoms in total. The van der Waals surface area contributed by atoms with Crippen molar-refractivity contribution in [1.29, 1.82) is 0 Å². The molecule has 0 aromatic carbocycles. The summed E-state index contributed by atoms with van der Waals surface area (Å²) >= 11 is 1.60. The van der Waals surface area contributed by atoms with Gasteiger partial charge in [-0.25, -0.2) is 15.0 Å². The van der Waals surface area contributed by atoms with Crippen molar-refractivity contribution >= 4 is 22.4 Å². The molecule has 4 aromatic rings. The highest BCUT2D eigenvalue weighted by molar-refractivity contribution is 7.13. The van der Waals surface area contributed by atoms with E-state index in [9.17, 15) is 0 Å². The Bertz CT molecular complexity index is 1040. The Hall–Kier alpha value is -2.54. The van der Waals surface area contributed by atoms with Crippen LogP contribution in [0.4, 0.5) is 0 Å². The largest absolute Gasteiger partial charge is 0.326 e. The normalized spacial score (nSPS) is 11.9. The van der Waals surface area contributed by atoms with Gasteiger partial charge in [0.05, 0.1) is 18.3 Å². The molecule has 0 spiro atoms. The standard InChI is InChI=1S/C20H24N6S/c1-13(2)11-26-17-9-15(14(3)4)23-10-16(17)24-18(26)12-25-7-5-21-19(25)20-22-6-8-27-20/h5-10,13-14H,11-12H2,1-4H3. The number of rotatable bonds is 6. The number of hydrogen-bond acceptors (Lipinski definition) is 5. The van der Waals surface area contributed by atoms with Crippen LogP contribution < -0.4 is 0 Å². The predicted octanol–water partition coefficient (Wildman–Crippen LogP) is 4.58. The topological polar surface area (TPSA) is 61.4 Å². The van der Waals surface area contributed by atoms with Crippen molar-refractivity contribution in [3.8, 4) is 10.8 Å². The van der Waals surface area contributed by atoms with Crippen LogP contribution in [0.1, 0.15) is 45.1 Å². The third-order valence-corrected chi connectivity index (χ3v) is 5.29. The molecule has 4 heterocycles. The van der Waals surface area contributed by atoms with E-state index in [0.717, 1.165) is 39.9 Å². The van der Waals surface area contributed by atoms with Crippen LogP contribution in [-0.4, -0.2) is 29.1 Å². The van der Waals surface area contributed by atoms with Crippen LogP contribution in [0.25, 0.3) is 21.9 Å². The van der Waals surface area contributed by atoms with Crippen molar-refractivity contribution in [2.75, 3.05) is 0 Å². The summed E-state index contributed by atoms with van der Waals surface area (Å²) in [5, 5.41) is 2.90. The van der Waals surface area contributed by atoms with E-state index < -0.39 is 0 Å². The number of imidazole rings is 2. The number of thiazole rings is 1. The first kappa shape index (κ1) is 17.9. The summed E-state index contributed by atoms with van der Waals surface area (Å²) in [6.07, 6.45) is 7.53. The first-order chi connectivity index (χ1) is 13.0. The van der Waals surface area contributed by atoms with Crippen LogP contribution in [-0.2, 0) is 13.1 Å². The van der Waals surface area contributed by atoms with E-state index in [1.165, 1.54) is 0 Å². The second kappa shape index (κ2) is 7.23. The highest BCUT2D eigenvalue weighted by Gasteiger charge is 2.16. The fraction of sp³-hybridized carbons (Fsp3) is 0.400. The lowest BCUT2D eigenvalue weighted by molar-refractivity contribution is 0.510. The molecule has 4 rings (SSSR count). The number of aromatic nitrogens is 6. The van der Waals surface area contributed by atoms with Crippen molar-refractivity contribution in [3.63, 3.8) is 0 Å². The molecule has 0 unspecified atom stereocenters. The number of fused-ring (bicyclic) bond motifs is 1. The van der Waals surface area contributed by atoms with Gasteiger partial charge in [-0.3, -0.25) is 4.98 Å². The minimum Gasteiger partial charge on any atom is -0.326 e. The van der Waals surface area contributed by atoms with Gasteiger partial charge in [0, 0.05) is 36.2 Å². The van der Waals surface area contributed by atoms with Crippen LogP contribution in [0.2, 0.25) is 0 Å². The fourth-order valence-corrected chi connectivity index (χ4v) is 3.87. The minimum atomic E-state index is 0.394. The van der Waals surface area contributed by atoms with Gasteiger partial charge >= 0.3 is 0 Å². The summed E-state index contributed by atoms with van der Waals surface area (Å²) < 4.78 is 4.45. The van der Waals surface area contributed by atoms with E-state index in [2.05, 4.69) is 57.8 Å². The molecule has 0 radical (unpaired) electrons. The maximum absolute atomic E-state index is 4.90. The molecule has 140 valence electrons. The summed E-state index contributed by atoms with van der Waals surface area (Å²) in [5.74, 6) is 2.83. The van der Waals surface area contributed by atoms with Gasteiger partial charge in [-0.2, -0.15) is 0 Å². The van der Waals surface area contributed by atoms with Crippen LogP contribution in [0.3, 0.4) is 0 Å². The zero-order chi connectivity index (χ0) is 19.0. The van der Waals surface area contributed by atoms with Gasteiger partial charge in [-0.05, 0) is 17.9 Å². The maximum atomic E-state index is 4.90. The summed E-state index contributed by atoms with van der Waals surface area (Å²) in [6.45, 7) is 10.4. The second-order valence-electron chi connectivity index (χ2n) is 7.50. The molecule has 0 amide bonds. The molecule has 0 saturated heterocycles. The Labute approximate surface area is 163 Å². The predicted molar refractivity (Wildman–Crippen MR) is 109 cm³/mol. The first-order valence-electron chi connectivity index (χ1n) is 9.29. The highest BCUT2D eigenvalue weighted by Crippen LogP contribution is 2.24. The monoisotopic (exact) mass is 380 g/mol. The van der Waals surface area contributed by atoms with Crippen molar-refractivity contribution in [2.24, 2.45) is 5.92 Å². The summed E-state index contributed by atoms with van der Waals surface area (Å²) in [7, 11) is 0. The van der Waals surface area contributed by atoms with Gasteiger partial charge in [0.15, 0.2) is 10.8 Å². The van der Waals surface area contributed by atoms with E-state index in [1.54, 1.807) is 11.3 Å². The van der Waals surface area contributed by atoms with Gasteiger partial charge in [0.2, 0.25) is 0 Å². The molecule has 0 atom stereocenters. The summed E-state index contributed by atoms with van der Waals surface area (Å²) in [6, 6.07) is 2.19. The average molecular weight is 381 g/mol. The van der Waals surface area contributed by atoms with Crippen molar-refractivity contribution in [1.82, 2.24) is 29.1 Å². The van der Waals surface area contributed by atoms with Crippen LogP contribution in [0.5, 0.6) is 0 Å². The van der Waals surface area contributed by atoms with E-state index >= 15 is 0 Å². The molecule has 0 bridgehead atoms. The average Bonchev–Trinajstić information content (AvgIpc) is 3.35. The Morgan fingerprint density at radius 1 is 1.07 bits per heavy atom. The molecule has 0 aliphatic carbocycles. The molecule has 0 fully saturated rings. The second-order valence-corrected chi connectivity index (χ2v) is 8.40. The quantitative estimate of drug-likeness (QED) is 0.491. The van der Waals surface area contributed by atoms with Crippen molar-refractivity contribution in [3.05, 3.63) is 47.8 Å². The number of hydrogen-bond donors (Lipinski definition) is 0. The summed E-state index contributed by atoms with van der Waals surface area (Å²) in [4.78, 5) is 18.4. The van der Waals surface area contributed by atoms with Crippen LogP contribution in [0.15, 0.2) is 36.2 Å². The molecular formula is C20H24N6S. The maximum Gasteiger partial charge on any atom is 0.169 e. The first-order valence-corrected chi connectivity index (χ1v) is 10.2. The zero-order valence-electron chi connectivity index (χ0n) is 16.1. The third-order valence-electron chi connectivity index (χ3n) is 4.52. The van der Waals surface area contributed by atoms with Gasteiger partial charge in [-0.1, -0.05) is 27.7 Å². The molecule has 4 aromatic heterocycles. The zero-order valence-corrected chi connectivity index (χ0v) is 16.9. The van der Waals surface area contributed by atoms with E-state index in [-0.39, 0.29) is 0 Å². The lowest BCUT2D eigenvalue weighted by Crippen LogP contribution is -2.12.